The van der Waals surface area contributed by atoms with Gasteiger partial charge in [0.2, 0.25) is 0 Å². The van der Waals surface area contributed by atoms with E-state index in [1.807, 2.05) is 6.07 Å². The van der Waals surface area contributed by atoms with E-state index in [4.69, 9.17) is 4.74 Å². The smallest absolute Gasteiger partial charge is 0.123 e. The highest BCUT2D eigenvalue weighted by atomic mass is 79.9. The largest absolute Gasteiger partial charge is 0.492 e. The minimum atomic E-state index is 0. The zero-order valence-electron chi connectivity index (χ0n) is 9.49. The van der Waals surface area contributed by atoms with E-state index >= 15 is 0 Å². The molecule has 0 aliphatic carbocycles. The molecule has 0 bridgehead atoms. The van der Waals surface area contributed by atoms with Crippen LogP contribution in [0.4, 0.5) is 0 Å². The van der Waals surface area contributed by atoms with Crippen molar-refractivity contribution in [3.05, 3.63) is 28.2 Å². The molecule has 0 spiro atoms. The van der Waals surface area contributed by atoms with Crippen molar-refractivity contribution in [2.75, 3.05) is 26.2 Å². The Hall–Kier alpha value is -0.290. The fourth-order valence-electron chi connectivity index (χ4n) is 2.39. The normalized spacial score (nSPS) is 23.7. The molecule has 17 heavy (non-hydrogen) atoms. The molecule has 94 valence electrons. The van der Waals surface area contributed by atoms with Crippen molar-refractivity contribution in [2.45, 2.75) is 12.6 Å². The van der Waals surface area contributed by atoms with Gasteiger partial charge in [-0.05, 0) is 18.2 Å². The molecule has 2 heterocycles. The van der Waals surface area contributed by atoms with E-state index in [0.717, 1.165) is 43.0 Å². The van der Waals surface area contributed by atoms with Crippen molar-refractivity contribution >= 4 is 28.3 Å². The Morgan fingerprint density at radius 2 is 2.29 bits per heavy atom. The highest BCUT2D eigenvalue weighted by Crippen LogP contribution is 2.28. The summed E-state index contributed by atoms with van der Waals surface area (Å²) >= 11 is 3.52. The van der Waals surface area contributed by atoms with Crippen LogP contribution in [0.15, 0.2) is 22.7 Å². The lowest BCUT2D eigenvalue weighted by atomic mass is 10.1. The van der Waals surface area contributed by atoms with Crippen molar-refractivity contribution in [2.24, 2.45) is 0 Å². The molecule has 0 radical (unpaired) electrons. The number of fused-ring (bicyclic) bond motifs is 2. The van der Waals surface area contributed by atoms with Crippen LogP contribution in [0.3, 0.4) is 0 Å². The van der Waals surface area contributed by atoms with E-state index in [1.165, 1.54) is 5.56 Å². The van der Waals surface area contributed by atoms with Crippen LogP contribution in [0.25, 0.3) is 0 Å². The third-order valence-corrected chi connectivity index (χ3v) is 3.79. The van der Waals surface area contributed by atoms with Crippen molar-refractivity contribution in [1.29, 1.82) is 0 Å². The average molecular weight is 320 g/mol. The molecule has 1 aromatic rings. The summed E-state index contributed by atoms with van der Waals surface area (Å²) in [6.07, 6.45) is 0. The first-order valence-electron chi connectivity index (χ1n) is 5.69. The lowest BCUT2D eigenvalue weighted by Crippen LogP contribution is -2.52. The molecule has 1 saturated heterocycles. The number of hydrogen-bond acceptors (Lipinski definition) is 3. The van der Waals surface area contributed by atoms with Crippen molar-refractivity contribution in [3.63, 3.8) is 0 Å². The molecule has 0 amide bonds. The highest BCUT2D eigenvalue weighted by molar-refractivity contribution is 9.10. The molecule has 2 aliphatic rings. The van der Waals surface area contributed by atoms with E-state index in [-0.39, 0.29) is 12.4 Å². The lowest BCUT2D eigenvalue weighted by Gasteiger charge is -2.33. The molecule has 3 nitrogen and oxygen atoms in total. The first-order valence-corrected chi connectivity index (χ1v) is 6.48. The van der Waals surface area contributed by atoms with Crippen molar-refractivity contribution < 1.29 is 4.74 Å². The number of rotatable bonds is 0. The van der Waals surface area contributed by atoms with E-state index in [9.17, 15) is 0 Å². The summed E-state index contributed by atoms with van der Waals surface area (Å²) in [7, 11) is 0. The maximum Gasteiger partial charge on any atom is 0.123 e. The molecule has 1 atom stereocenters. The van der Waals surface area contributed by atoms with E-state index < -0.39 is 0 Å². The monoisotopic (exact) mass is 318 g/mol. The van der Waals surface area contributed by atoms with E-state index in [1.54, 1.807) is 0 Å². The number of nitrogens with zero attached hydrogens (tertiary/aromatic N) is 1. The van der Waals surface area contributed by atoms with Crippen molar-refractivity contribution in [1.82, 2.24) is 10.2 Å². The summed E-state index contributed by atoms with van der Waals surface area (Å²) in [5.41, 5.74) is 1.29. The topological polar surface area (TPSA) is 24.5 Å². The van der Waals surface area contributed by atoms with Gasteiger partial charge >= 0.3 is 0 Å². The Balaban J connectivity index is 0.00000108. The summed E-state index contributed by atoms with van der Waals surface area (Å²) in [6.45, 7) is 5.03. The van der Waals surface area contributed by atoms with Gasteiger partial charge < -0.3 is 10.1 Å². The first kappa shape index (κ1) is 13.1. The molecule has 1 fully saturated rings. The van der Waals surface area contributed by atoms with Crippen LogP contribution in [0, 0.1) is 0 Å². The predicted octanol–water partition coefficient (Wildman–Crippen LogP) is 2.04. The molecule has 3 rings (SSSR count). The Labute approximate surface area is 116 Å². The third kappa shape index (κ3) is 2.76. The van der Waals surface area contributed by atoms with Crippen molar-refractivity contribution in [3.8, 4) is 5.75 Å². The fourth-order valence-corrected chi connectivity index (χ4v) is 2.80. The zero-order valence-corrected chi connectivity index (χ0v) is 11.9. The summed E-state index contributed by atoms with van der Waals surface area (Å²) in [6, 6.07) is 6.78. The maximum atomic E-state index is 5.87. The summed E-state index contributed by atoms with van der Waals surface area (Å²) in [5.74, 6) is 1.04. The van der Waals surface area contributed by atoms with Gasteiger partial charge in [0.1, 0.15) is 12.4 Å². The Morgan fingerprint density at radius 3 is 3.18 bits per heavy atom. The maximum absolute atomic E-state index is 5.87. The summed E-state index contributed by atoms with van der Waals surface area (Å²) < 4.78 is 7.00. The van der Waals surface area contributed by atoms with Crippen LogP contribution in [-0.2, 0) is 6.54 Å². The fraction of sp³-hybridized carbons (Fsp3) is 0.500. The molecular formula is C12H16BrClN2O. The molecule has 1 aromatic carbocycles. The van der Waals surface area contributed by atoms with Gasteiger partial charge in [0.15, 0.2) is 0 Å². The highest BCUT2D eigenvalue weighted by Gasteiger charge is 2.26. The Bertz CT molecular complexity index is 402. The number of piperazine rings is 1. The molecular weight excluding hydrogens is 304 g/mol. The second-order valence-corrected chi connectivity index (χ2v) is 5.31. The number of nitrogens with one attached hydrogen (secondary N) is 1. The number of ether oxygens (including phenoxy) is 1. The molecule has 5 heteroatoms. The lowest BCUT2D eigenvalue weighted by molar-refractivity contribution is 0.120. The molecule has 1 unspecified atom stereocenters. The van der Waals surface area contributed by atoms with Gasteiger partial charge in [-0.2, -0.15) is 0 Å². The van der Waals surface area contributed by atoms with Gasteiger partial charge in [0.05, 0.1) is 6.04 Å². The second-order valence-electron chi connectivity index (χ2n) is 4.39. The van der Waals surface area contributed by atoms with Crippen LogP contribution < -0.4 is 10.1 Å². The first-order chi connectivity index (χ1) is 7.83. The zero-order chi connectivity index (χ0) is 11.0. The third-order valence-electron chi connectivity index (χ3n) is 3.30. The van der Waals surface area contributed by atoms with Gasteiger partial charge in [-0.15, -0.1) is 12.4 Å². The number of benzene rings is 1. The predicted molar refractivity (Wildman–Crippen MR) is 74.0 cm³/mol. The van der Waals surface area contributed by atoms with Gasteiger partial charge in [0.25, 0.3) is 0 Å². The summed E-state index contributed by atoms with van der Waals surface area (Å²) in [4.78, 5) is 2.51. The van der Waals surface area contributed by atoms with Crippen LogP contribution in [0.5, 0.6) is 5.75 Å². The van der Waals surface area contributed by atoms with Crippen LogP contribution in [0.2, 0.25) is 0 Å². The quantitative estimate of drug-likeness (QED) is 0.792. The summed E-state index contributed by atoms with van der Waals surface area (Å²) in [5, 5.41) is 3.42. The molecule has 1 N–H and O–H groups in total. The average Bonchev–Trinajstić information content (AvgIpc) is 2.47. The Morgan fingerprint density at radius 1 is 1.41 bits per heavy atom. The minimum Gasteiger partial charge on any atom is -0.492 e. The van der Waals surface area contributed by atoms with E-state index in [0.29, 0.717) is 6.04 Å². The standard InChI is InChI=1S/C12H15BrN2O.ClH/c13-10-1-2-12-9(5-10)7-15-4-3-14-6-11(15)8-16-12;/h1-2,5,11,14H,3-4,6-8H2;1H. The van der Waals surface area contributed by atoms with Gasteiger partial charge in [-0.3, -0.25) is 4.90 Å². The Kier molecular flexibility index (Phi) is 4.31. The minimum absolute atomic E-state index is 0. The second kappa shape index (κ2) is 5.57. The van der Waals surface area contributed by atoms with Gasteiger partial charge in [-0.25, -0.2) is 0 Å². The number of hydrogen-bond donors (Lipinski definition) is 1. The van der Waals surface area contributed by atoms with E-state index in [2.05, 4.69) is 38.3 Å². The molecule has 2 aliphatic heterocycles. The van der Waals surface area contributed by atoms with Crippen LogP contribution in [-0.4, -0.2) is 37.2 Å². The molecule has 0 aromatic heterocycles. The SMILES string of the molecule is Brc1ccc2c(c1)CN1CCNCC1CO2.Cl. The number of halogens is 2. The van der Waals surface area contributed by atoms with Crippen LogP contribution in [0.1, 0.15) is 5.56 Å². The van der Waals surface area contributed by atoms with Gasteiger partial charge in [0, 0.05) is 36.2 Å². The molecule has 0 saturated carbocycles. The van der Waals surface area contributed by atoms with Gasteiger partial charge in [-0.1, -0.05) is 15.9 Å². The van der Waals surface area contributed by atoms with Crippen LogP contribution >= 0.6 is 28.3 Å².